The third-order valence-electron chi connectivity index (χ3n) is 5.58. The minimum absolute atomic E-state index is 0.146. The van der Waals surface area contributed by atoms with Crippen LogP contribution in [0.5, 0.6) is 5.75 Å². The van der Waals surface area contributed by atoms with Gasteiger partial charge in [0.05, 0.1) is 30.6 Å². The number of benzene rings is 1. The molecule has 0 unspecified atom stereocenters. The summed E-state index contributed by atoms with van der Waals surface area (Å²) in [5.74, 6) is 0.370. The Bertz CT molecular complexity index is 1370. The van der Waals surface area contributed by atoms with E-state index < -0.39 is 0 Å². The molecule has 156 valence electrons. The summed E-state index contributed by atoms with van der Waals surface area (Å²) in [4.78, 5) is 32.4. The average molecular weight is 416 g/mol. The fourth-order valence-electron chi connectivity index (χ4n) is 3.93. The molecule has 0 spiro atoms. The Morgan fingerprint density at radius 3 is 2.77 bits per heavy atom. The molecule has 0 aliphatic carbocycles. The highest BCUT2D eigenvalue weighted by molar-refractivity contribution is 5.93. The Kier molecular flexibility index (Phi) is 4.50. The zero-order valence-electron chi connectivity index (χ0n) is 17.1. The van der Waals surface area contributed by atoms with E-state index in [1.807, 2.05) is 30.3 Å². The molecule has 0 radical (unpaired) electrons. The number of amides is 1. The number of hydrogen-bond acceptors (Lipinski definition) is 6. The topological polar surface area (TPSA) is 94.6 Å². The number of carbonyl (C=O) groups is 1. The minimum Gasteiger partial charge on any atom is -0.494 e. The van der Waals surface area contributed by atoms with Crippen LogP contribution in [0.2, 0.25) is 0 Å². The van der Waals surface area contributed by atoms with Crippen LogP contribution in [0.15, 0.2) is 53.5 Å². The number of para-hydroxylation sites is 2. The lowest BCUT2D eigenvalue weighted by Gasteiger charge is -2.27. The molecule has 1 amide bonds. The van der Waals surface area contributed by atoms with Crippen LogP contribution >= 0.6 is 0 Å². The molecule has 0 fully saturated rings. The lowest BCUT2D eigenvalue weighted by Crippen LogP contribution is -2.40. The standard InChI is InChI=1S/C22H20N6O3/c1-14-20(24-25-28(14)17-7-3-4-8-18(17)31-2)22(30)26-12-10-16-15(13-26)21(29)27-11-6-5-9-19(27)23-16/h3-9,11H,10,12-13H2,1-2H3. The second-order valence-corrected chi connectivity index (χ2v) is 7.35. The molecular formula is C22H20N6O3. The molecule has 4 heterocycles. The van der Waals surface area contributed by atoms with E-state index >= 15 is 0 Å². The van der Waals surface area contributed by atoms with Gasteiger partial charge in [-0.3, -0.25) is 14.0 Å². The van der Waals surface area contributed by atoms with E-state index in [2.05, 4.69) is 15.3 Å². The fourth-order valence-corrected chi connectivity index (χ4v) is 3.93. The first kappa shape index (κ1) is 19.0. The van der Waals surface area contributed by atoms with Crippen molar-refractivity contribution in [3.63, 3.8) is 0 Å². The van der Waals surface area contributed by atoms with E-state index in [1.165, 1.54) is 4.40 Å². The summed E-state index contributed by atoms with van der Waals surface area (Å²) in [6.07, 6.45) is 2.20. The van der Waals surface area contributed by atoms with E-state index in [4.69, 9.17) is 4.74 Å². The molecule has 0 atom stereocenters. The highest BCUT2D eigenvalue weighted by Crippen LogP contribution is 2.24. The SMILES string of the molecule is COc1ccccc1-n1nnc(C(=O)N2CCc3nc4ccccn4c(=O)c3C2)c1C. The molecular weight excluding hydrogens is 396 g/mol. The molecule has 3 aromatic heterocycles. The van der Waals surface area contributed by atoms with Crippen molar-refractivity contribution in [1.29, 1.82) is 0 Å². The lowest BCUT2D eigenvalue weighted by atomic mass is 10.1. The van der Waals surface area contributed by atoms with Gasteiger partial charge >= 0.3 is 0 Å². The van der Waals surface area contributed by atoms with Crippen LogP contribution in [0.25, 0.3) is 11.3 Å². The third-order valence-corrected chi connectivity index (χ3v) is 5.58. The van der Waals surface area contributed by atoms with Crippen LogP contribution in [0.1, 0.15) is 27.4 Å². The Morgan fingerprint density at radius 2 is 1.94 bits per heavy atom. The maximum absolute atomic E-state index is 13.3. The number of aromatic nitrogens is 5. The highest BCUT2D eigenvalue weighted by atomic mass is 16.5. The smallest absolute Gasteiger partial charge is 0.276 e. The van der Waals surface area contributed by atoms with Gasteiger partial charge in [-0.2, -0.15) is 0 Å². The molecule has 1 aliphatic rings. The molecule has 9 nitrogen and oxygen atoms in total. The van der Waals surface area contributed by atoms with E-state index in [0.29, 0.717) is 41.3 Å². The number of pyridine rings is 1. The van der Waals surface area contributed by atoms with E-state index in [9.17, 15) is 9.59 Å². The van der Waals surface area contributed by atoms with Gasteiger partial charge in [-0.15, -0.1) is 5.10 Å². The Hall–Kier alpha value is -4.01. The van der Waals surface area contributed by atoms with Crippen molar-refractivity contribution < 1.29 is 9.53 Å². The van der Waals surface area contributed by atoms with Gasteiger partial charge in [0.2, 0.25) is 0 Å². The Morgan fingerprint density at radius 1 is 1.13 bits per heavy atom. The zero-order valence-corrected chi connectivity index (χ0v) is 17.1. The molecule has 0 saturated carbocycles. The molecule has 1 aromatic carbocycles. The third kappa shape index (κ3) is 3.05. The predicted molar refractivity (Wildman–Crippen MR) is 113 cm³/mol. The van der Waals surface area contributed by atoms with Gasteiger partial charge in [0.1, 0.15) is 17.1 Å². The molecule has 0 N–H and O–H groups in total. The number of ether oxygens (including phenoxy) is 1. The van der Waals surface area contributed by atoms with Gasteiger partial charge in [0.25, 0.3) is 11.5 Å². The monoisotopic (exact) mass is 416 g/mol. The molecule has 1 aliphatic heterocycles. The van der Waals surface area contributed by atoms with E-state index in [0.717, 1.165) is 5.69 Å². The average Bonchev–Trinajstić information content (AvgIpc) is 3.19. The second-order valence-electron chi connectivity index (χ2n) is 7.35. The molecule has 0 bridgehead atoms. The van der Waals surface area contributed by atoms with Crippen molar-refractivity contribution in [3.05, 3.63) is 81.7 Å². The first-order valence-electron chi connectivity index (χ1n) is 9.92. The summed E-state index contributed by atoms with van der Waals surface area (Å²) in [5, 5.41) is 8.31. The maximum Gasteiger partial charge on any atom is 0.276 e. The van der Waals surface area contributed by atoms with Crippen LogP contribution in [0.4, 0.5) is 0 Å². The number of carbonyl (C=O) groups excluding carboxylic acids is 1. The Balaban J connectivity index is 1.48. The van der Waals surface area contributed by atoms with Crippen molar-refractivity contribution >= 4 is 11.6 Å². The van der Waals surface area contributed by atoms with Crippen LogP contribution in [0, 0.1) is 6.92 Å². The van der Waals surface area contributed by atoms with Gasteiger partial charge in [-0.25, -0.2) is 9.67 Å². The van der Waals surface area contributed by atoms with Crippen LogP contribution in [-0.2, 0) is 13.0 Å². The number of rotatable bonds is 3. The van der Waals surface area contributed by atoms with E-state index in [1.54, 1.807) is 41.9 Å². The van der Waals surface area contributed by atoms with Crippen LogP contribution < -0.4 is 10.3 Å². The van der Waals surface area contributed by atoms with Gasteiger partial charge < -0.3 is 9.64 Å². The summed E-state index contributed by atoms with van der Waals surface area (Å²) >= 11 is 0. The van der Waals surface area contributed by atoms with Gasteiger partial charge in [0, 0.05) is 19.2 Å². The van der Waals surface area contributed by atoms with E-state index in [-0.39, 0.29) is 23.7 Å². The predicted octanol–water partition coefficient (Wildman–Crippen LogP) is 1.79. The van der Waals surface area contributed by atoms with Gasteiger partial charge in [-0.05, 0) is 31.2 Å². The van der Waals surface area contributed by atoms with Crippen molar-refractivity contribution in [1.82, 2.24) is 29.3 Å². The summed E-state index contributed by atoms with van der Waals surface area (Å²) in [7, 11) is 1.58. The number of methoxy groups -OCH3 is 1. The molecule has 4 aromatic rings. The molecule has 9 heteroatoms. The summed E-state index contributed by atoms with van der Waals surface area (Å²) in [6.45, 7) is 2.45. The zero-order chi connectivity index (χ0) is 21.5. The largest absolute Gasteiger partial charge is 0.494 e. The first-order valence-corrected chi connectivity index (χ1v) is 9.92. The lowest BCUT2D eigenvalue weighted by molar-refractivity contribution is 0.0725. The molecule has 31 heavy (non-hydrogen) atoms. The first-order chi connectivity index (χ1) is 15.1. The molecule has 0 saturated heterocycles. The second kappa shape index (κ2) is 7.35. The number of fused-ring (bicyclic) bond motifs is 2. The summed E-state index contributed by atoms with van der Waals surface area (Å²) in [5.41, 5.74) is 3.31. The summed E-state index contributed by atoms with van der Waals surface area (Å²) < 4.78 is 8.50. The van der Waals surface area contributed by atoms with Crippen molar-refractivity contribution in [2.75, 3.05) is 13.7 Å². The van der Waals surface area contributed by atoms with Crippen molar-refractivity contribution in [3.8, 4) is 11.4 Å². The quantitative estimate of drug-likeness (QED) is 0.505. The number of hydrogen-bond donors (Lipinski definition) is 0. The minimum atomic E-state index is -0.262. The highest BCUT2D eigenvalue weighted by Gasteiger charge is 2.29. The Labute approximate surface area is 177 Å². The van der Waals surface area contributed by atoms with Gasteiger partial charge in [-0.1, -0.05) is 23.4 Å². The summed E-state index contributed by atoms with van der Waals surface area (Å²) in [6, 6.07) is 12.8. The molecule has 5 rings (SSSR count). The van der Waals surface area contributed by atoms with Crippen LogP contribution in [0.3, 0.4) is 0 Å². The fraction of sp³-hybridized carbons (Fsp3) is 0.227. The number of nitrogens with zero attached hydrogens (tertiary/aromatic N) is 6. The van der Waals surface area contributed by atoms with Crippen molar-refractivity contribution in [2.24, 2.45) is 0 Å². The maximum atomic E-state index is 13.3. The van der Waals surface area contributed by atoms with Gasteiger partial charge in [0.15, 0.2) is 5.69 Å². The van der Waals surface area contributed by atoms with Crippen molar-refractivity contribution in [2.45, 2.75) is 19.9 Å². The normalized spacial score (nSPS) is 13.3. The van der Waals surface area contributed by atoms with Crippen LogP contribution in [-0.4, -0.2) is 48.8 Å².